The Morgan fingerprint density at radius 1 is 1.07 bits per heavy atom. The minimum atomic E-state index is -0.323. The maximum absolute atomic E-state index is 13.2. The van der Waals surface area contributed by atoms with Gasteiger partial charge in [-0.2, -0.15) is 0 Å². The topological polar surface area (TPSA) is 86.3 Å². The monoisotopic (exact) mass is 407 g/mol. The van der Waals surface area contributed by atoms with E-state index in [0.29, 0.717) is 18.1 Å². The van der Waals surface area contributed by atoms with E-state index in [1.165, 1.54) is 23.1 Å². The number of tetrazole rings is 1. The largest absolute Gasteiger partial charge is 0.484 e. The molecule has 0 radical (unpaired) electrons. The number of carbonyl (C=O) groups excluding carboxylic acids is 1. The van der Waals surface area contributed by atoms with Gasteiger partial charge in [-0.25, -0.2) is 9.07 Å². The molecule has 0 saturated heterocycles. The van der Waals surface area contributed by atoms with Gasteiger partial charge in [0.1, 0.15) is 23.7 Å². The highest BCUT2D eigenvalue weighted by molar-refractivity contribution is 5.77. The van der Waals surface area contributed by atoms with Crippen LogP contribution in [-0.2, 0) is 17.9 Å². The van der Waals surface area contributed by atoms with E-state index in [1.807, 2.05) is 0 Å². The number of hydrogen-bond acceptors (Lipinski definition) is 6. The van der Waals surface area contributed by atoms with Crippen LogP contribution in [0.25, 0.3) is 5.69 Å². The first-order valence-electron chi connectivity index (χ1n) is 9.18. The SMILES string of the molecule is O=C(COc1ccc(-n2cnnn2)cc1)N(Cc1ccc(F)cc1)Cc1ccco1. The average molecular weight is 407 g/mol. The number of aromatic nitrogens is 4. The van der Waals surface area contributed by atoms with Crippen LogP contribution >= 0.6 is 0 Å². The van der Waals surface area contributed by atoms with Gasteiger partial charge in [-0.05, 0) is 64.5 Å². The summed E-state index contributed by atoms with van der Waals surface area (Å²) in [5.41, 5.74) is 1.58. The van der Waals surface area contributed by atoms with E-state index in [4.69, 9.17) is 9.15 Å². The predicted octanol–water partition coefficient (Wildman–Crippen LogP) is 3.00. The van der Waals surface area contributed by atoms with Crippen LogP contribution in [0.2, 0.25) is 0 Å². The molecule has 9 heteroatoms. The number of amides is 1. The highest BCUT2D eigenvalue weighted by Gasteiger charge is 2.17. The van der Waals surface area contributed by atoms with Gasteiger partial charge in [0.2, 0.25) is 0 Å². The fourth-order valence-corrected chi connectivity index (χ4v) is 2.84. The number of halogens is 1. The third-order valence-electron chi connectivity index (χ3n) is 4.38. The summed E-state index contributed by atoms with van der Waals surface area (Å²) >= 11 is 0. The van der Waals surface area contributed by atoms with Crippen LogP contribution in [0.15, 0.2) is 77.7 Å². The summed E-state index contributed by atoms with van der Waals surface area (Å²) < 4.78 is 25.7. The summed E-state index contributed by atoms with van der Waals surface area (Å²) in [5.74, 6) is 0.646. The molecule has 0 aliphatic heterocycles. The zero-order chi connectivity index (χ0) is 20.8. The van der Waals surface area contributed by atoms with Gasteiger partial charge in [-0.1, -0.05) is 12.1 Å². The first-order chi connectivity index (χ1) is 14.7. The molecular weight excluding hydrogens is 389 g/mol. The average Bonchev–Trinajstić information content (AvgIpc) is 3.48. The third kappa shape index (κ3) is 4.88. The van der Waals surface area contributed by atoms with Gasteiger partial charge in [0.15, 0.2) is 6.61 Å². The van der Waals surface area contributed by atoms with Crippen molar-refractivity contribution in [2.24, 2.45) is 0 Å². The highest BCUT2D eigenvalue weighted by Crippen LogP contribution is 2.16. The standard InChI is InChI=1S/C21H18FN5O3/c22-17-5-3-16(4-6-17)12-26(13-20-2-1-11-29-20)21(28)14-30-19-9-7-18(8-10-19)27-15-23-24-25-27/h1-11,15H,12-14H2. The van der Waals surface area contributed by atoms with E-state index in [1.54, 1.807) is 59.7 Å². The lowest BCUT2D eigenvalue weighted by Gasteiger charge is -2.22. The van der Waals surface area contributed by atoms with E-state index >= 15 is 0 Å². The molecule has 0 aliphatic carbocycles. The van der Waals surface area contributed by atoms with Crippen molar-refractivity contribution in [3.63, 3.8) is 0 Å². The summed E-state index contributed by atoms with van der Waals surface area (Å²) in [5, 5.41) is 11.0. The second kappa shape index (κ2) is 8.99. The molecular formula is C21H18FN5O3. The summed E-state index contributed by atoms with van der Waals surface area (Å²) in [4.78, 5) is 14.4. The number of rotatable bonds is 8. The summed E-state index contributed by atoms with van der Waals surface area (Å²) in [6, 6.07) is 16.6. The van der Waals surface area contributed by atoms with Gasteiger partial charge in [-0.3, -0.25) is 4.79 Å². The quantitative estimate of drug-likeness (QED) is 0.446. The summed E-state index contributed by atoms with van der Waals surface area (Å²) in [6.07, 6.45) is 3.04. The minimum absolute atomic E-state index is 0.147. The Hall–Kier alpha value is -4.01. The Morgan fingerprint density at radius 2 is 1.87 bits per heavy atom. The van der Waals surface area contributed by atoms with E-state index in [0.717, 1.165) is 11.3 Å². The zero-order valence-electron chi connectivity index (χ0n) is 15.9. The van der Waals surface area contributed by atoms with Crippen LogP contribution < -0.4 is 4.74 Å². The Bertz CT molecular complexity index is 1070. The predicted molar refractivity (Wildman–Crippen MR) is 104 cm³/mol. The second-order valence-corrected chi connectivity index (χ2v) is 6.49. The minimum Gasteiger partial charge on any atom is -0.484 e. The van der Waals surface area contributed by atoms with Crippen molar-refractivity contribution >= 4 is 5.91 Å². The molecule has 2 aromatic heterocycles. The van der Waals surface area contributed by atoms with Crippen LogP contribution in [0.4, 0.5) is 4.39 Å². The molecule has 0 unspecified atom stereocenters. The van der Waals surface area contributed by atoms with Crippen LogP contribution in [-0.4, -0.2) is 37.6 Å². The van der Waals surface area contributed by atoms with Gasteiger partial charge in [0, 0.05) is 6.54 Å². The molecule has 30 heavy (non-hydrogen) atoms. The molecule has 2 aromatic carbocycles. The number of ether oxygens (including phenoxy) is 1. The van der Waals surface area contributed by atoms with Crippen molar-refractivity contribution in [1.29, 1.82) is 0 Å². The van der Waals surface area contributed by atoms with Crippen molar-refractivity contribution in [3.8, 4) is 11.4 Å². The molecule has 0 fully saturated rings. The van der Waals surface area contributed by atoms with Gasteiger partial charge < -0.3 is 14.1 Å². The maximum atomic E-state index is 13.2. The molecule has 4 aromatic rings. The lowest BCUT2D eigenvalue weighted by Crippen LogP contribution is -2.34. The zero-order valence-corrected chi connectivity index (χ0v) is 15.9. The molecule has 0 aliphatic rings. The molecule has 0 N–H and O–H groups in total. The normalized spacial score (nSPS) is 10.7. The molecule has 0 bridgehead atoms. The lowest BCUT2D eigenvalue weighted by molar-refractivity contribution is -0.134. The van der Waals surface area contributed by atoms with Crippen molar-refractivity contribution < 1.29 is 18.3 Å². The summed E-state index contributed by atoms with van der Waals surface area (Å²) in [6.45, 7) is 0.443. The van der Waals surface area contributed by atoms with Crippen molar-refractivity contribution in [2.75, 3.05) is 6.61 Å². The molecule has 0 saturated carbocycles. The van der Waals surface area contributed by atoms with Gasteiger partial charge >= 0.3 is 0 Å². The smallest absolute Gasteiger partial charge is 0.261 e. The number of benzene rings is 2. The fourth-order valence-electron chi connectivity index (χ4n) is 2.84. The molecule has 1 amide bonds. The van der Waals surface area contributed by atoms with Crippen molar-refractivity contribution in [2.45, 2.75) is 13.1 Å². The van der Waals surface area contributed by atoms with Crippen LogP contribution in [0.3, 0.4) is 0 Å². The molecule has 4 rings (SSSR count). The molecule has 0 spiro atoms. The second-order valence-electron chi connectivity index (χ2n) is 6.49. The lowest BCUT2D eigenvalue weighted by atomic mass is 10.2. The number of nitrogens with zero attached hydrogens (tertiary/aromatic N) is 5. The van der Waals surface area contributed by atoms with Crippen molar-refractivity contribution in [3.05, 3.63) is 90.4 Å². The van der Waals surface area contributed by atoms with Gasteiger partial charge in [0.25, 0.3) is 5.91 Å². The first kappa shape index (κ1) is 19.3. The van der Waals surface area contributed by atoms with Crippen molar-refractivity contribution in [1.82, 2.24) is 25.1 Å². The highest BCUT2D eigenvalue weighted by atomic mass is 19.1. The van der Waals surface area contributed by atoms with E-state index in [9.17, 15) is 9.18 Å². The van der Waals surface area contributed by atoms with Crippen LogP contribution in [0.1, 0.15) is 11.3 Å². The van der Waals surface area contributed by atoms with E-state index in [-0.39, 0.29) is 24.9 Å². The number of hydrogen-bond donors (Lipinski definition) is 0. The first-order valence-corrected chi connectivity index (χ1v) is 9.18. The molecule has 2 heterocycles. The van der Waals surface area contributed by atoms with E-state index in [2.05, 4.69) is 15.5 Å². The number of furan rings is 1. The summed E-state index contributed by atoms with van der Waals surface area (Å²) in [7, 11) is 0. The number of carbonyl (C=O) groups is 1. The van der Waals surface area contributed by atoms with Crippen LogP contribution in [0.5, 0.6) is 5.75 Å². The van der Waals surface area contributed by atoms with E-state index < -0.39 is 0 Å². The fraction of sp³-hybridized carbons (Fsp3) is 0.143. The molecule has 0 atom stereocenters. The van der Waals surface area contributed by atoms with Crippen LogP contribution in [0, 0.1) is 5.82 Å². The Morgan fingerprint density at radius 3 is 2.53 bits per heavy atom. The Labute approximate surface area is 171 Å². The third-order valence-corrected chi connectivity index (χ3v) is 4.38. The molecule has 8 nitrogen and oxygen atoms in total. The Balaban J connectivity index is 1.41. The Kier molecular flexibility index (Phi) is 5.79. The van der Waals surface area contributed by atoms with Gasteiger partial charge in [-0.15, -0.1) is 5.10 Å². The maximum Gasteiger partial charge on any atom is 0.261 e. The van der Waals surface area contributed by atoms with Gasteiger partial charge in [0.05, 0.1) is 18.5 Å². The molecule has 152 valence electrons.